The van der Waals surface area contributed by atoms with Gasteiger partial charge in [0.25, 0.3) is 0 Å². The lowest BCUT2D eigenvalue weighted by Crippen LogP contribution is -2.70. The summed E-state index contributed by atoms with van der Waals surface area (Å²) in [5.41, 5.74) is -0.660. The Morgan fingerprint density at radius 2 is 2.07 bits per heavy atom. The normalized spacial score (nSPS) is 29.0. The highest BCUT2D eigenvalue weighted by Gasteiger charge is 2.54. The lowest BCUT2D eigenvalue weighted by molar-refractivity contribution is -0.173. The second-order valence-electron chi connectivity index (χ2n) is 4.95. The van der Waals surface area contributed by atoms with Crippen LogP contribution in [0.15, 0.2) is 0 Å². The first-order valence-electron chi connectivity index (χ1n) is 5.12. The van der Waals surface area contributed by atoms with Crippen LogP contribution in [0.5, 0.6) is 0 Å². The number of hydrogen-bond acceptors (Lipinski definition) is 3. The molecule has 0 radical (unpaired) electrons. The number of carbonyl (C=O) groups is 1. The van der Waals surface area contributed by atoms with E-state index in [0.29, 0.717) is 5.41 Å². The maximum absolute atomic E-state index is 11.0. The zero-order chi connectivity index (χ0) is 10.4. The Kier molecular flexibility index (Phi) is 2.08. The Bertz CT molecular complexity index is 254. The van der Waals surface area contributed by atoms with Crippen LogP contribution in [0.1, 0.15) is 26.2 Å². The molecule has 1 saturated carbocycles. The zero-order valence-electron chi connectivity index (χ0n) is 8.49. The van der Waals surface area contributed by atoms with Gasteiger partial charge < -0.3 is 10.2 Å². The predicted molar refractivity (Wildman–Crippen MR) is 51.0 cm³/mol. The van der Waals surface area contributed by atoms with Crippen molar-refractivity contribution >= 4 is 5.97 Å². The molecule has 1 aliphatic heterocycles. The standard InChI is InChI=1S/C10H17NO3/c1-9(7-12,8(13)14)11-5-10(6-11)3-2-4-10/h12H,2-7H2,1H3,(H,13,14). The Morgan fingerprint density at radius 1 is 1.50 bits per heavy atom. The Balaban J connectivity index is 1.99. The minimum atomic E-state index is -1.07. The first kappa shape index (κ1) is 9.93. The van der Waals surface area contributed by atoms with Crippen molar-refractivity contribution < 1.29 is 15.0 Å². The third kappa shape index (κ3) is 1.17. The van der Waals surface area contributed by atoms with Gasteiger partial charge in [0.1, 0.15) is 5.54 Å². The van der Waals surface area contributed by atoms with E-state index in [2.05, 4.69) is 0 Å². The van der Waals surface area contributed by atoms with Gasteiger partial charge in [-0.15, -0.1) is 0 Å². The summed E-state index contributed by atoms with van der Waals surface area (Å²) in [6, 6.07) is 0. The van der Waals surface area contributed by atoms with E-state index in [9.17, 15) is 4.79 Å². The van der Waals surface area contributed by atoms with Crippen molar-refractivity contribution in [2.45, 2.75) is 31.7 Å². The molecule has 0 amide bonds. The molecule has 2 rings (SSSR count). The summed E-state index contributed by atoms with van der Waals surface area (Å²) in [4.78, 5) is 12.9. The van der Waals surface area contributed by atoms with Gasteiger partial charge in [0.15, 0.2) is 0 Å². The van der Waals surface area contributed by atoms with Crippen LogP contribution in [0.4, 0.5) is 0 Å². The number of carboxylic acids is 1. The van der Waals surface area contributed by atoms with Crippen LogP contribution in [0.25, 0.3) is 0 Å². The molecule has 4 heteroatoms. The quantitative estimate of drug-likeness (QED) is 0.686. The van der Waals surface area contributed by atoms with E-state index >= 15 is 0 Å². The van der Waals surface area contributed by atoms with Gasteiger partial charge in [-0.1, -0.05) is 6.42 Å². The van der Waals surface area contributed by atoms with Crippen LogP contribution in [-0.4, -0.2) is 46.3 Å². The highest BCUT2D eigenvalue weighted by Crippen LogP contribution is 2.50. The molecular formula is C10H17NO3. The molecule has 2 aliphatic rings. The van der Waals surface area contributed by atoms with Crippen molar-refractivity contribution in [3.8, 4) is 0 Å². The fourth-order valence-electron chi connectivity index (χ4n) is 2.41. The maximum Gasteiger partial charge on any atom is 0.326 e. The van der Waals surface area contributed by atoms with E-state index in [0.717, 1.165) is 13.1 Å². The molecule has 80 valence electrons. The SMILES string of the molecule is CC(CO)(C(=O)O)N1CC2(CCC2)C1. The Hall–Kier alpha value is -0.610. The van der Waals surface area contributed by atoms with Crippen molar-refractivity contribution in [2.24, 2.45) is 5.41 Å². The number of rotatable bonds is 3. The van der Waals surface area contributed by atoms with Gasteiger partial charge in [0.2, 0.25) is 0 Å². The average Bonchev–Trinajstić information content (AvgIpc) is 1.98. The maximum atomic E-state index is 11.0. The van der Waals surface area contributed by atoms with Gasteiger partial charge in [-0.3, -0.25) is 9.69 Å². The van der Waals surface area contributed by atoms with Crippen molar-refractivity contribution in [3.63, 3.8) is 0 Å². The lowest BCUT2D eigenvalue weighted by atomic mass is 9.62. The minimum Gasteiger partial charge on any atom is -0.480 e. The predicted octanol–water partition coefficient (Wildman–Crippen LogP) is 0.308. The van der Waals surface area contributed by atoms with Gasteiger partial charge in [-0.25, -0.2) is 0 Å². The summed E-state index contributed by atoms with van der Waals surface area (Å²) in [5, 5.41) is 18.2. The zero-order valence-corrected chi connectivity index (χ0v) is 8.49. The molecule has 0 aromatic heterocycles. The van der Waals surface area contributed by atoms with Crippen LogP contribution in [0.2, 0.25) is 0 Å². The number of aliphatic carboxylic acids is 1. The molecule has 1 aliphatic carbocycles. The van der Waals surface area contributed by atoms with Gasteiger partial charge in [-0.2, -0.15) is 0 Å². The topological polar surface area (TPSA) is 60.8 Å². The van der Waals surface area contributed by atoms with E-state index in [4.69, 9.17) is 10.2 Å². The molecule has 1 spiro atoms. The molecule has 1 heterocycles. The molecule has 2 fully saturated rings. The first-order chi connectivity index (χ1) is 6.52. The number of hydrogen-bond donors (Lipinski definition) is 2. The van der Waals surface area contributed by atoms with Crippen LogP contribution in [-0.2, 0) is 4.79 Å². The molecular weight excluding hydrogens is 182 g/mol. The van der Waals surface area contributed by atoms with Crippen molar-refractivity contribution in [1.29, 1.82) is 0 Å². The average molecular weight is 199 g/mol. The summed E-state index contributed by atoms with van der Waals surface area (Å²) in [5.74, 6) is -0.922. The van der Waals surface area contributed by atoms with E-state index in [1.165, 1.54) is 19.3 Å². The summed E-state index contributed by atoms with van der Waals surface area (Å²) in [7, 11) is 0. The molecule has 2 N–H and O–H groups in total. The number of nitrogens with zero attached hydrogens (tertiary/aromatic N) is 1. The monoisotopic (exact) mass is 199 g/mol. The van der Waals surface area contributed by atoms with Crippen LogP contribution in [0.3, 0.4) is 0 Å². The largest absolute Gasteiger partial charge is 0.480 e. The third-order valence-electron chi connectivity index (χ3n) is 3.93. The number of aliphatic hydroxyl groups is 1. The van der Waals surface area contributed by atoms with E-state index in [-0.39, 0.29) is 6.61 Å². The van der Waals surface area contributed by atoms with Gasteiger partial charge in [0, 0.05) is 13.1 Å². The first-order valence-corrected chi connectivity index (χ1v) is 5.12. The van der Waals surface area contributed by atoms with E-state index in [1.807, 2.05) is 4.90 Å². The van der Waals surface area contributed by atoms with Crippen molar-refractivity contribution in [3.05, 3.63) is 0 Å². The third-order valence-corrected chi connectivity index (χ3v) is 3.93. The summed E-state index contributed by atoms with van der Waals surface area (Å²) >= 11 is 0. The molecule has 0 aromatic rings. The number of aliphatic hydroxyl groups excluding tert-OH is 1. The number of carboxylic acid groups (broad SMARTS) is 1. The van der Waals surface area contributed by atoms with E-state index < -0.39 is 11.5 Å². The molecule has 1 unspecified atom stereocenters. The highest BCUT2D eigenvalue weighted by atomic mass is 16.4. The summed E-state index contributed by atoms with van der Waals surface area (Å²) in [6.45, 7) is 2.98. The Morgan fingerprint density at radius 3 is 2.36 bits per heavy atom. The second-order valence-corrected chi connectivity index (χ2v) is 4.95. The summed E-state index contributed by atoms with van der Waals surface area (Å²) < 4.78 is 0. The van der Waals surface area contributed by atoms with Crippen LogP contribution in [0, 0.1) is 5.41 Å². The molecule has 0 aromatic carbocycles. The lowest BCUT2D eigenvalue weighted by Gasteiger charge is -2.60. The fraction of sp³-hybridized carbons (Fsp3) is 0.900. The molecule has 0 bridgehead atoms. The molecule has 1 atom stereocenters. The van der Waals surface area contributed by atoms with Gasteiger partial charge in [0.05, 0.1) is 6.61 Å². The van der Waals surface area contributed by atoms with Crippen LogP contribution < -0.4 is 0 Å². The Labute approximate surface area is 83.5 Å². The highest BCUT2D eigenvalue weighted by molar-refractivity contribution is 5.78. The van der Waals surface area contributed by atoms with E-state index in [1.54, 1.807) is 6.92 Å². The van der Waals surface area contributed by atoms with Crippen molar-refractivity contribution in [1.82, 2.24) is 4.90 Å². The second kappa shape index (κ2) is 2.94. The smallest absolute Gasteiger partial charge is 0.326 e. The number of likely N-dealkylation sites (tertiary alicyclic amines) is 1. The summed E-state index contributed by atoms with van der Waals surface area (Å²) in [6.07, 6.45) is 3.73. The van der Waals surface area contributed by atoms with Crippen molar-refractivity contribution in [2.75, 3.05) is 19.7 Å². The fourth-order valence-corrected chi connectivity index (χ4v) is 2.41. The van der Waals surface area contributed by atoms with Gasteiger partial charge in [-0.05, 0) is 25.2 Å². The van der Waals surface area contributed by atoms with Crippen LogP contribution >= 0.6 is 0 Å². The minimum absolute atomic E-state index is 0.307. The molecule has 1 saturated heterocycles. The van der Waals surface area contributed by atoms with Gasteiger partial charge >= 0.3 is 5.97 Å². The molecule has 4 nitrogen and oxygen atoms in total. The molecule has 14 heavy (non-hydrogen) atoms.